The Balaban J connectivity index is 1.34. The fourth-order valence-corrected chi connectivity index (χ4v) is 5.88. The summed E-state index contributed by atoms with van der Waals surface area (Å²) in [5, 5.41) is 19.5. The lowest BCUT2D eigenvalue weighted by Crippen LogP contribution is -2.44. The lowest BCUT2D eigenvalue weighted by Gasteiger charge is -2.41. The summed E-state index contributed by atoms with van der Waals surface area (Å²) in [6, 6.07) is 17.1. The number of fused-ring (bicyclic) bond motifs is 1. The molecule has 2 aromatic carbocycles. The van der Waals surface area contributed by atoms with Crippen molar-refractivity contribution in [2.45, 2.75) is 63.3 Å². The Morgan fingerprint density at radius 3 is 2.66 bits per heavy atom. The fourth-order valence-electron chi connectivity index (χ4n) is 5.88. The van der Waals surface area contributed by atoms with Crippen LogP contribution in [0.4, 0.5) is 0 Å². The molecule has 2 N–H and O–H groups in total. The summed E-state index contributed by atoms with van der Waals surface area (Å²) < 4.78 is 24.9. The topological polar surface area (TPSA) is 112 Å². The lowest BCUT2D eigenvalue weighted by atomic mass is 9.88. The molecule has 8 heteroatoms. The van der Waals surface area contributed by atoms with Crippen LogP contribution < -0.4 is 0 Å². The number of para-hydroxylation sites is 1. The average Bonchev–Trinajstić information content (AvgIpc) is 3.43. The van der Waals surface area contributed by atoms with Gasteiger partial charge in [-0.1, -0.05) is 60.7 Å². The Morgan fingerprint density at radius 2 is 1.87 bits per heavy atom. The van der Waals surface area contributed by atoms with Crippen LogP contribution in [0.1, 0.15) is 49.3 Å². The Hall–Kier alpha value is -3.20. The summed E-state index contributed by atoms with van der Waals surface area (Å²) in [5.74, 6) is -1.23. The zero-order chi connectivity index (χ0) is 26.5. The first kappa shape index (κ1) is 26.4. The van der Waals surface area contributed by atoms with Crippen molar-refractivity contribution >= 4 is 11.9 Å². The SMILES string of the molecule is O=C(O)CC/C=C\CC1COC(C2C(OCc3ccccc3)CC3OC(=O)CC32)OC1c1ccccc1O. The maximum absolute atomic E-state index is 12.1. The Kier molecular flexibility index (Phi) is 8.42. The molecule has 0 radical (unpaired) electrons. The van der Waals surface area contributed by atoms with E-state index in [1.165, 1.54) is 0 Å². The van der Waals surface area contributed by atoms with Crippen LogP contribution >= 0.6 is 0 Å². The number of phenolic OH excluding ortho intramolecular Hbond substituents is 1. The molecule has 3 fully saturated rings. The standard InChI is InChI=1S/C30H34O8/c31-23-13-8-7-12-21(23)29-20(11-5-2-6-14-26(32)33)18-36-30(38-29)28-22-15-27(34)37-24(22)16-25(28)35-17-19-9-3-1-4-10-19/h1-5,7-10,12-13,20,22,24-25,28-31H,6,11,14-18H2,(H,32,33)/b5-2-. The molecule has 0 amide bonds. The third-order valence-corrected chi connectivity index (χ3v) is 7.73. The maximum atomic E-state index is 12.1. The van der Waals surface area contributed by atoms with E-state index >= 15 is 0 Å². The molecule has 5 rings (SSSR count). The highest BCUT2D eigenvalue weighted by Crippen LogP contribution is 2.49. The quantitative estimate of drug-likeness (QED) is 0.339. The number of aliphatic carboxylic acids is 1. The first-order chi connectivity index (χ1) is 18.5. The zero-order valence-electron chi connectivity index (χ0n) is 21.2. The summed E-state index contributed by atoms with van der Waals surface area (Å²) in [5.41, 5.74) is 1.74. The molecule has 2 aromatic rings. The normalized spacial score (nSPS) is 30.8. The minimum Gasteiger partial charge on any atom is -0.508 e. The second-order valence-corrected chi connectivity index (χ2v) is 10.3. The number of phenols is 1. The smallest absolute Gasteiger partial charge is 0.306 e. The number of carboxylic acid groups (broad SMARTS) is 1. The van der Waals surface area contributed by atoms with Gasteiger partial charge in [0.05, 0.1) is 31.8 Å². The molecule has 8 nitrogen and oxygen atoms in total. The van der Waals surface area contributed by atoms with E-state index in [2.05, 4.69) is 0 Å². The number of esters is 1. The van der Waals surface area contributed by atoms with Gasteiger partial charge >= 0.3 is 11.9 Å². The highest BCUT2D eigenvalue weighted by Gasteiger charge is 2.55. The minimum absolute atomic E-state index is 0.0641. The number of carboxylic acids is 1. The van der Waals surface area contributed by atoms with E-state index in [0.29, 0.717) is 44.5 Å². The van der Waals surface area contributed by atoms with Crippen molar-refractivity contribution in [3.8, 4) is 5.75 Å². The number of rotatable bonds is 10. The van der Waals surface area contributed by atoms with E-state index < -0.39 is 18.4 Å². The van der Waals surface area contributed by atoms with E-state index in [0.717, 1.165) is 5.56 Å². The molecule has 2 saturated heterocycles. The van der Waals surface area contributed by atoms with Crippen molar-refractivity contribution in [2.75, 3.05) is 6.61 Å². The van der Waals surface area contributed by atoms with Crippen LogP contribution in [0.15, 0.2) is 66.7 Å². The molecule has 202 valence electrons. The van der Waals surface area contributed by atoms with E-state index in [-0.39, 0.29) is 48.1 Å². The molecule has 38 heavy (non-hydrogen) atoms. The number of carbonyl (C=O) groups excluding carboxylic acids is 1. The lowest BCUT2D eigenvalue weighted by molar-refractivity contribution is -0.275. The predicted molar refractivity (Wildman–Crippen MR) is 137 cm³/mol. The second-order valence-electron chi connectivity index (χ2n) is 10.3. The third kappa shape index (κ3) is 6.09. The van der Waals surface area contributed by atoms with Gasteiger partial charge in [0.1, 0.15) is 11.9 Å². The number of hydrogen-bond acceptors (Lipinski definition) is 7. The number of aromatic hydroxyl groups is 1. The van der Waals surface area contributed by atoms with Gasteiger partial charge in [0.25, 0.3) is 0 Å². The fraction of sp³-hybridized carbons (Fsp3) is 0.467. The molecule has 3 aliphatic rings. The largest absolute Gasteiger partial charge is 0.508 e. The summed E-state index contributed by atoms with van der Waals surface area (Å²) >= 11 is 0. The van der Waals surface area contributed by atoms with Crippen LogP contribution in [-0.4, -0.2) is 47.3 Å². The first-order valence-electron chi connectivity index (χ1n) is 13.3. The van der Waals surface area contributed by atoms with Crippen LogP contribution in [0.2, 0.25) is 0 Å². The van der Waals surface area contributed by atoms with Gasteiger partial charge in [-0.05, 0) is 24.5 Å². The minimum atomic E-state index is -0.831. The highest BCUT2D eigenvalue weighted by molar-refractivity contribution is 5.72. The van der Waals surface area contributed by atoms with Crippen molar-refractivity contribution in [2.24, 2.45) is 17.8 Å². The molecule has 1 aliphatic carbocycles. The molecular weight excluding hydrogens is 488 g/mol. The Morgan fingerprint density at radius 1 is 1.08 bits per heavy atom. The van der Waals surface area contributed by atoms with Crippen LogP contribution in [0.5, 0.6) is 5.75 Å². The summed E-state index contributed by atoms with van der Waals surface area (Å²) in [7, 11) is 0. The van der Waals surface area contributed by atoms with Crippen LogP contribution in [0, 0.1) is 17.8 Å². The number of allylic oxidation sites excluding steroid dienone is 2. The van der Waals surface area contributed by atoms with Gasteiger partial charge in [-0.3, -0.25) is 9.59 Å². The molecule has 0 aromatic heterocycles. The molecule has 2 aliphatic heterocycles. The Bertz CT molecular complexity index is 1130. The molecule has 1 saturated carbocycles. The van der Waals surface area contributed by atoms with Crippen LogP contribution in [-0.2, 0) is 35.1 Å². The van der Waals surface area contributed by atoms with Gasteiger partial charge in [0, 0.05) is 36.2 Å². The van der Waals surface area contributed by atoms with Gasteiger partial charge < -0.3 is 29.2 Å². The van der Waals surface area contributed by atoms with Crippen molar-refractivity contribution in [1.29, 1.82) is 0 Å². The molecule has 7 unspecified atom stereocenters. The van der Waals surface area contributed by atoms with Gasteiger partial charge in [0.2, 0.25) is 0 Å². The van der Waals surface area contributed by atoms with Crippen LogP contribution in [0.3, 0.4) is 0 Å². The monoisotopic (exact) mass is 522 g/mol. The van der Waals surface area contributed by atoms with E-state index in [1.54, 1.807) is 12.1 Å². The van der Waals surface area contributed by atoms with Crippen molar-refractivity contribution in [3.63, 3.8) is 0 Å². The first-order valence-corrected chi connectivity index (χ1v) is 13.3. The maximum Gasteiger partial charge on any atom is 0.306 e. The summed E-state index contributed by atoms with van der Waals surface area (Å²) in [6.07, 6.45) is 4.35. The van der Waals surface area contributed by atoms with Crippen molar-refractivity contribution in [3.05, 3.63) is 77.9 Å². The van der Waals surface area contributed by atoms with Gasteiger partial charge in [0.15, 0.2) is 6.29 Å². The Labute approximate surface area is 222 Å². The average molecular weight is 523 g/mol. The number of ether oxygens (including phenoxy) is 4. The molecule has 0 bridgehead atoms. The summed E-state index contributed by atoms with van der Waals surface area (Å²) in [4.78, 5) is 23.0. The number of benzene rings is 2. The van der Waals surface area contributed by atoms with Gasteiger partial charge in [-0.25, -0.2) is 0 Å². The zero-order valence-corrected chi connectivity index (χ0v) is 21.2. The van der Waals surface area contributed by atoms with Crippen LogP contribution in [0.25, 0.3) is 0 Å². The van der Waals surface area contributed by atoms with Crippen molar-refractivity contribution in [1.82, 2.24) is 0 Å². The number of carbonyl (C=O) groups is 2. The highest BCUT2D eigenvalue weighted by atomic mass is 16.7. The van der Waals surface area contributed by atoms with E-state index in [1.807, 2.05) is 54.6 Å². The van der Waals surface area contributed by atoms with E-state index in [4.69, 9.17) is 24.1 Å². The molecule has 0 spiro atoms. The second kappa shape index (κ2) is 12.1. The van der Waals surface area contributed by atoms with Gasteiger partial charge in [-0.15, -0.1) is 0 Å². The molecular formula is C30H34O8. The molecule has 7 atom stereocenters. The summed E-state index contributed by atoms with van der Waals surface area (Å²) in [6.45, 7) is 0.829. The third-order valence-electron chi connectivity index (χ3n) is 7.73. The number of hydrogen-bond donors (Lipinski definition) is 2. The van der Waals surface area contributed by atoms with E-state index in [9.17, 15) is 14.7 Å². The van der Waals surface area contributed by atoms with Gasteiger partial charge in [-0.2, -0.15) is 0 Å². The van der Waals surface area contributed by atoms with Crippen molar-refractivity contribution < 1.29 is 38.7 Å². The predicted octanol–water partition coefficient (Wildman–Crippen LogP) is 4.77. The molecule has 2 heterocycles.